The van der Waals surface area contributed by atoms with Crippen molar-refractivity contribution in [3.63, 3.8) is 0 Å². The van der Waals surface area contributed by atoms with Crippen LogP contribution in [0.25, 0.3) is 33.4 Å². The van der Waals surface area contributed by atoms with Gasteiger partial charge in [0.15, 0.2) is 0 Å². The van der Waals surface area contributed by atoms with E-state index < -0.39 is 0 Å². The molecule has 0 bridgehead atoms. The van der Waals surface area contributed by atoms with E-state index in [0.717, 1.165) is 12.8 Å². The fourth-order valence-corrected chi connectivity index (χ4v) is 5.45. The zero-order valence-corrected chi connectivity index (χ0v) is 19.8. The van der Waals surface area contributed by atoms with Crippen LogP contribution in [0.3, 0.4) is 0 Å². The second-order valence-electron chi connectivity index (χ2n) is 9.26. The highest BCUT2D eigenvalue weighted by atomic mass is 16.5. The molecular weight excluding hydrogens is 400 g/mol. The number of rotatable bonds is 7. The highest BCUT2D eigenvalue weighted by Crippen LogP contribution is 2.54. The molecule has 0 heterocycles. The SMILES string of the molecule is CCCC(OC(C)C)C1c2cccc(-c3ccccc3)c2-c2c(-c3ccccc3)cccc21. The maximum Gasteiger partial charge on any atom is 0.0688 e. The molecule has 1 aliphatic rings. The first-order valence-corrected chi connectivity index (χ1v) is 12.2. The average Bonchev–Trinajstić information content (AvgIpc) is 3.19. The summed E-state index contributed by atoms with van der Waals surface area (Å²) >= 11 is 0. The molecule has 0 fully saturated rings. The van der Waals surface area contributed by atoms with Crippen molar-refractivity contribution in [3.05, 3.63) is 108 Å². The first-order chi connectivity index (χ1) is 16.2. The van der Waals surface area contributed by atoms with E-state index in [9.17, 15) is 0 Å². The predicted octanol–water partition coefficient (Wildman–Crippen LogP) is 8.73. The van der Waals surface area contributed by atoms with E-state index in [2.05, 4.69) is 118 Å². The van der Waals surface area contributed by atoms with Crippen LogP contribution in [0.4, 0.5) is 0 Å². The minimum Gasteiger partial charge on any atom is -0.375 e. The molecule has 166 valence electrons. The maximum absolute atomic E-state index is 6.58. The largest absolute Gasteiger partial charge is 0.375 e. The third kappa shape index (κ3) is 4.03. The third-order valence-electron chi connectivity index (χ3n) is 6.68. The van der Waals surface area contributed by atoms with Gasteiger partial charge in [-0.1, -0.05) is 110 Å². The van der Waals surface area contributed by atoms with Gasteiger partial charge in [0, 0.05) is 5.92 Å². The van der Waals surface area contributed by atoms with Gasteiger partial charge >= 0.3 is 0 Å². The Bertz CT molecular complexity index is 1140. The van der Waals surface area contributed by atoms with Crippen LogP contribution >= 0.6 is 0 Å². The first-order valence-electron chi connectivity index (χ1n) is 12.2. The van der Waals surface area contributed by atoms with Crippen LogP contribution < -0.4 is 0 Å². The third-order valence-corrected chi connectivity index (χ3v) is 6.68. The van der Waals surface area contributed by atoms with Crippen molar-refractivity contribution < 1.29 is 4.74 Å². The summed E-state index contributed by atoms with van der Waals surface area (Å²) in [4.78, 5) is 0. The van der Waals surface area contributed by atoms with Crippen molar-refractivity contribution in [1.82, 2.24) is 0 Å². The van der Waals surface area contributed by atoms with Crippen LogP contribution in [0.2, 0.25) is 0 Å². The summed E-state index contributed by atoms with van der Waals surface area (Å²) in [6, 6.07) is 35.3. The molecule has 0 N–H and O–H groups in total. The molecule has 5 rings (SSSR count). The molecule has 0 spiro atoms. The van der Waals surface area contributed by atoms with Gasteiger partial charge in [-0.2, -0.15) is 0 Å². The van der Waals surface area contributed by atoms with E-state index in [1.54, 1.807) is 0 Å². The van der Waals surface area contributed by atoms with E-state index in [-0.39, 0.29) is 18.1 Å². The van der Waals surface area contributed by atoms with Crippen LogP contribution in [0, 0.1) is 0 Å². The van der Waals surface area contributed by atoms with E-state index in [1.165, 1.54) is 44.5 Å². The lowest BCUT2D eigenvalue weighted by atomic mass is 9.87. The maximum atomic E-state index is 6.58. The van der Waals surface area contributed by atoms with Gasteiger partial charge in [-0.3, -0.25) is 0 Å². The van der Waals surface area contributed by atoms with Gasteiger partial charge in [0.25, 0.3) is 0 Å². The lowest BCUT2D eigenvalue weighted by Gasteiger charge is -2.28. The van der Waals surface area contributed by atoms with E-state index in [1.807, 2.05) is 0 Å². The van der Waals surface area contributed by atoms with Crippen molar-refractivity contribution in [1.29, 1.82) is 0 Å². The van der Waals surface area contributed by atoms with Crippen molar-refractivity contribution in [2.75, 3.05) is 0 Å². The molecule has 1 unspecified atom stereocenters. The van der Waals surface area contributed by atoms with Gasteiger partial charge < -0.3 is 4.74 Å². The molecule has 4 aromatic carbocycles. The summed E-state index contributed by atoms with van der Waals surface area (Å²) in [5.74, 6) is 0.240. The van der Waals surface area contributed by atoms with Gasteiger partial charge in [0.1, 0.15) is 0 Å². The smallest absolute Gasteiger partial charge is 0.0688 e. The molecule has 0 radical (unpaired) electrons. The van der Waals surface area contributed by atoms with Crippen molar-refractivity contribution in [2.45, 2.75) is 51.7 Å². The molecule has 1 nitrogen and oxygen atoms in total. The molecule has 1 aliphatic carbocycles. The lowest BCUT2D eigenvalue weighted by Crippen LogP contribution is -2.25. The molecule has 0 saturated carbocycles. The molecular formula is C32H32O. The Labute approximate surface area is 198 Å². The Morgan fingerprint density at radius 2 is 1.12 bits per heavy atom. The van der Waals surface area contributed by atoms with Gasteiger partial charge in [-0.15, -0.1) is 0 Å². The number of ether oxygens (including phenoxy) is 1. The molecule has 0 amide bonds. The van der Waals surface area contributed by atoms with Crippen LogP contribution in [0.1, 0.15) is 50.7 Å². The van der Waals surface area contributed by atoms with Gasteiger partial charge in [0.2, 0.25) is 0 Å². The number of fused-ring (bicyclic) bond motifs is 3. The fraction of sp³-hybridized carbons (Fsp3) is 0.250. The highest BCUT2D eigenvalue weighted by molar-refractivity contribution is 5.98. The van der Waals surface area contributed by atoms with Gasteiger partial charge in [-0.25, -0.2) is 0 Å². The Kier molecular flexibility index (Phi) is 6.15. The van der Waals surface area contributed by atoms with Gasteiger partial charge in [-0.05, 0) is 64.8 Å². The summed E-state index contributed by atoms with van der Waals surface area (Å²) < 4.78 is 6.58. The minimum absolute atomic E-state index is 0.159. The molecule has 0 aromatic heterocycles. The van der Waals surface area contributed by atoms with Crippen LogP contribution in [0.5, 0.6) is 0 Å². The minimum atomic E-state index is 0.159. The first kappa shape index (κ1) is 21.7. The standard InChI is InChI=1S/C32H32O/c1-4-13-29(33-22(2)3)30-27-20-11-18-25(23-14-7-5-8-15-23)31(27)32-26(19-12-21-28(30)32)24-16-9-6-10-17-24/h5-12,14-22,29-30H,4,13H2,1-3H3. The number of hydrogen-bond donors (Lipinski definition) is 0. The van der Waals surface area contributed by atoms with Crippen LogP contribution in [-0.2, 0) is 4.74 Å². The van der Waals surface area contributed by atoms with Crippen LogP contribution in [0.15, 0.2) is 97.1 Å². The lowest BCUT2D eigenvalue weighted by molar-refractivity contribution is -0.00550. The zero-order chi connectivity index (χ0) is 22.8. The molecule has 0 saturated heterocycles. The summed E-state index contributed by atoms with van der Waals surface area (Å²) in [7, 11) is 0. The fourth-order valence-electron chi connectivity index (χ4n) is 5.45. The number of benzene rings is 4. The average molecular weight is 433 g/mol. The molecule has 4 aromatic rings. The highest BCUT2D eigenvalue weighted by Gasteiger charge is 2.37. The predicted molar refractivity (Wildman–Crippen MR) is 140 cm³/mol. The molecule has 33 heavy (non-hydrogen) atoms. The van der Waals surface area contributed by atoms with Crippen molar-refractivity contribution >= 4 is 0 Å². The molecule has 1 atom stereocenters. The van der Waals surface area contributed by atoms with E-state index in [0.29, 0.717) is 0 Å². The Morgan fingerprint density at radius 1 is 0.636 bits per heavy atom. The monoisotopic (exact) mass is 432 g/mol. The van der Waals surface area contributed by atoms with Crippen molar-refractivity contribution in [2.24, 2.45) is 0 Å². The Morgan fingerprint density at radius 3 is 1.55 bits per heavy atom. The normalized spacial score (nSPS) is 13.7. The summed E-state index contributed by atoms with van der Waals surface area (Å²) in [5, 5.41) is 0. The second-order valence-corrected chi connectivity index (χ2v) is 9.26. The molecule has 0 aliphatic heterocycles. The zero-order valence-electron chi connectivity index (χ0n) is 19.8. The van der Waals surface area contributed by atoms with Crippen LogP contribution in [-0.4, -0.2) is 12.2 Å². The number of hydrogen-bond acceptors (Lipinski definition) is 1. The second kappa shape index (κ2) is 9.37. The quantitative estimate of drug-likeness (QED) is 0.284. The summed E-state index contributed by atoms with van der Waals surface area (Å²) in [6.07, 6.45) is 2.51. The van der Waals surface area contributed by atoms with E-state index >= 15 is 0 Å². The Balaban J connectivity index is 1.80. The van der Waals surface area contributed by atoms with Gasteiger partial charge in [0.05, 0.1) is 12.2 Å². The topological polar surface area (TPSA) is 9.23 Å². The van der Waals surface area contributed by atoms with Crippen molar-refractivity contribution in [3.8, 4) is 33.4 Å². The summed E-state index contributed by atoms with van der Waals surface area (Å²) in [5.41, 5.74) is 10.7. The summed E-state index contributed by atoms with van der Waals surface area (Å²) in [6.45, 7) is 6.56. The van der Waals surface area contributed by atoms with E-state index in [4.69, 9.17) is 4.74 Å². The molecule has 1 heteroatoms. The Hall–Kier alpha value is -3.16.